The van der Waals surface area contributed by atoms with E-state index in [2.05, 4.69) is 44.6 Å². The lowest BCUT2D eigenvalue weighted by Crippen LogP contribution is -2.12. The van der Waals surface area contributed by atoms with Crippen LogP contribution in [0.4, 0.5) is 5.82 Å². The molecule has 1 N–H and O–H groups in total. The predicted octanol–water partition coefficient (Wildman–Crippen LogP) is 2.65. The molecule has 0 unspecified atom stereocenters. The van der Waals surface area contributed by atoms with Gasteiger partial charge in [0.05, 0.1) is 0 Å². The van der Waals surface area contributed by atoms with E-state index in [-0.39, 0.29) is 0 Å². The summed E-state index contributed by atoms with van der Waals surface area (Å²) < 4.78 is 1.76. The largest absolute Gasteiger partial charge is 0.370 e. The number of hydrogen-bond acceptors (Lipinski definition) is 4. The first kappa shape index (κ1) is 13.2. The summed E-state index contributed by atoms with van der Waals surface area (Å²) in [6, 6.07) is 10.8. The van der Waals surface area contributed by atoms with Crippen molar-refractivity contribution in [3.63, 3.8) is 0 Å². The Labute approximate surface area is 129 Å². The number of anilines is 1. The van der Waals surface area contributed by atoms with Crippen molar-refractivity contribution in [2.75, 3.05) is 11.9 Å². The number of aromatic nitrogens is 4. The molecule has 0 amide bonds. The summed E-state index contributed by atoms with van der Waals surface area (Å²) in [6.07, 6.45) is 5.10. The summed E-state index contributed by atoms with van der Waals surface area (Å²) in [5, 5.41) is 7.71. The van der Waals surface area contributed by atoms with Crippen LogP contribution in [0.15, 0.2) is 36.7 Å². The number of fused-ring (bicyclic) bond motifs is 2. The smallest absolute Gasteiger partial charge is 0.254 e. The number of aryl methyl sites for hydroxylation is 1. The highest BCUT2D eigenvalue weighted by atomic mass is 15.3. The van der Waals surface area contributed by atoms with Crippen LogP contribution in [0.1, 0.15) is 23.2 Å². The van der Waals surface area contributed by atoms with Gasteiger partial charge in [0, 0.05) is 18.3 Å². The molecule has 0 bridgehead atoms. The van der Waals surface area contributed by atoms with Crippen molar-refractivity contribution < 1.29 is 0 Å². The summed E-state index contributed by atoms with van der Waals surface area (Å²) >= 11 is 0. The molecule has 1 aliphatic carbocycles. The van der Waals surface area contributed by atoms with Crippen LogP contribution in [0.25, 0.3) is 5.78 Å². The van der Waals surface area contributed by atoms with E-state index < -0.39 is 0 Å². The topological polar surface area (TPSA) is 55.1 Å². The van der Waals surface area contributed by atoms with Gasteiger partial charge in [-0.1, -0.05) is 24.3 Å². The Bertz CT molecular complexity index is 783. The second-order valence-corrected chi connectivity index (χ2v) is 6.01. The van der Waals surface area contributed by atoms with Gasteiger partial charge in [0.1, 0.15) is 12.1 Å². The van der Waals surface area contributed by atoms with Crippen LogP contribution >= 0.6 is 0 Å². The van der Waals surface area contributed by atoms with E-state index in [1.165, 1.54) is 24.0 Å². The van der Waals surface area contributed by atoms with Crippen molar-refractivity contribution in [1.82, 2.24) is 19.6 Å². The minimum absolute atomic E-state index is 0.649. The Kier molecular flexibility index (Phi) is 3.25. The van der Waals surface area contributed by atoms with Gasteiger partial charge >= 0.3 is 0 Å². The highest BCUT2D eigenvalue weighted by molar-refractivity contribution is 5.44. The molecule has 0 saturated carbocycles. The summed E-state index contributed by atoms with van der Waals surface area (Å²) in [5.41, 5.74) is 3.99. The van der Waals surface area contributed by atoms with Gasteiger partial charge in [-0.15, -0.1) is 0 Å². The molecule has 0 spiro atoms. The molecule has 0 radical (unpaired) electrons. The summed E-state index contributed by atoms with van der Waals surface area (Å²) in [7, 11) is 0. The van der Waals surface area contributed by atoms with Crippen LogP contribution in [-0.4, -0.2) is 26.1 Å². The van der Waals surface area contributed by atoms with E-state index in [0.717, 1.165) is 30.4 Å². The maximum absolute atomic E-state index is 4.36. The van der Waals surface area contributed by atoms with Crippen molar-refractivity contribution in [3.8, 4) is 0 Å². The maximum atomic E-state index is 4.36. The Morgan fingerprint density at radius 3 is 2.77 bits per heavy atom. The van der Waals surface area contributed by atoms with E-state index in [9.17, 15) is 0 Å². The zero-order valence-corrected chi connectivity index (χ0v) is 12.7. The Morgan fingerprint density at radius 2 is 2.00 bits per heavy atom. The number of rotatable bonds is 4. The highest BCUT2D eigenvalue weighted by Gasteiger charge is 2.20. The van der Waals surface area contributed by atoms with Crippen LogP contribution < -0.4 is 5.32 Å². The van der Waals surface area contributed by atoms with Gasteiger partial charge in [0.15, 0.2) is 0 Å². The van der Waals surface area contributed by atoms with Gasteiger partial charge in [-0.2, -0.15) is 14.6 Å². The van der Waals surface area contributed by atoms with Crippen LogP contribution in [0.2, 0.25) is 0 Å². The van der Waals surface area contributed by atoms with Gasteiger partial charge < -0.3 is 5.32 Å². The molecule has 0 aliphatic heterocycles. The Balaban J connectivity index is 1.40. The SMILES string of the molecule is Cc1cc(NCCC2Cc3ccccc3C2)n2ncnc2n1. The fourth-order valence-corrected chi connectivity index (χ4v) is 3.31. The minimum Gasteiger partial charge on any atom is -0.370 e. The molecule has 2 heterocycles. The molecule has 112 valence electrons. The first-order valence-corrected chi connectivity index (χ1v) is 7.77. The standard InChI is InChI=1S/C17H19N5/c1-12-8-16(22-17(21-12)19-11-20-22)18-7-6-13-9-14-4-2-3-5-15(14)10-13/h2-5,8,11,13,18H,6-7,9-10H2,1H3. The molecule has 5 nitrogen and oxygen atoms in total. The zero-order valence-electron chi connectivity index (χ0n) is 12.7. The second-order valence-electron chi connectivity index (χ2n) is 6.01. The molecule has 0 fully saturated rings. The van der Waals surface area contributed by atoms with Crippen LogP contribution in [0.3, 0.4) is 0 Å². The lowest BCUT2D eigenvalue weighted by Gasteiger charge is -2.12. The van der Waals surface area contributed by atoms with Gasteiger partial charge in [0.2, 0.25) is 0 Å². The third-order valence-corrected chi connectivity index (χ3v) is 4.37. The van der Waals surface area contributed by atoms with E-state index in [1.54, 1.807) is 10.8 Å². The summed E-state index contributed by atoms with van der Waals surface area (Å²) in [6.45, 7) is 2.92. The fourth-order valence-electron chi connectivity index (χ4n) is 3.31. The number of hydrogen-bond donors (Lipinski definition) is 1. The number of nitrogens with one attached hydrogen (secondary N) is 1. The van der Waals surface area contributed by atoms with E-state index in [4.69, 9.17) is 0 Å². The average molecular weight is 293 g/mol. The molecule has 3 aromatic rings. The van der Waals surface area contributed by atoms with Crippen molar-refractivity contribution in [1.29, 1.82) is 0 Å². The first-order chi connectivity index (χ1) is 10.8. The second kappa shape index (κ2) is 5.40. The van der Waals surface area contributed by atoms with Crippen molar-refractivity contribution in [2.24, 2.45) is 5.92 Å². The molecular formula is C17H19N5. The molecule has 0 atom stereocenters. The molecule has 1 aliphatic rings. The molecular weight excluding hydrogens is 274 g/mol. The summed E-state index contributed by atoms with van der Waals surface area (Å²) in [5.74, 6) is 2.35. The van der Waals surface area contributed by atoms with Gasteiger partial charge in [-0.3, -0.25) is 0 Å². The lowest BCUT2D eigenvalue weighted by atomic mass is 10.0. The summed E-state index contributed by atoms with van der Waals surface area (Å²) in [4.78, 5) is 8.51. The van der Waals surface area contributed by atoms with Gasteiger partial charge in [0.25, 0.3) is 5.78 Å². The van der Waals surface area contributed by atoms with Crippen LogP contribution in [0, 0.1) is 12.8 Å². The molecule has 1 aromatic carbocycles. The zero-order chi connectivity index (χ0) is 14.9. The van der Waals surface area contributed by atoms with Crippen LogP contribution in [-0.2, 0) is 12.8 Å². The average Bonchev–Trinajstić information content (AvgIpc) is 3.12. The van der Waals surface area contributed by atoms with Crippen molar-refractivity contribution >= 4 is 11.6 Å². The lowest BCUT2D eigenvalue weighted by molar-refractivity contribution is 0.529. The molecule has 4 rings (SSSR count). The predicted molar refractivity (Wildman–Crippen MR) is 86.0 cm³/mol. The number of benzene rings is 1. The number of nitrogens with zero attached hydrogens (tertiary/aromatic N) is 4. The first-order valence-electron chi connectivity index (χ1n) is 7.77. The minimum atomic E-state index is 0.649. The van der Waals surface area contributed by atoms with E-state index in [1.807, 2.05) is 13.0 Å². The molecule has 2 aromatic heterocycles. The Hall–Kier alpha value is -2.43. The molecule has 0 saturated heterocycles. The maximum Gasteiger partial charge on any atom is 0.254 e. The van der Waals surface area contributed by atoms with E-state index >= 15 is 0 Å². The monoisotopic (exact) mass is 293 g/mol. The van der Waals surface area contributed by atoms with Crippen LogP contribution in [0.5, 0.6) is 0 Å². The van der Waals surface area contributed by atoms with Crippen molar-refractivity contribution in [3.05, 3.63) is 53.5 Å². The van der Waals surface area contributed by atoms with Gasteiger partial charge in [-0.25, -0.2) is 4.98 Å². The third-order valence-electron chi connectivity index (χ3n) is 4.37. The molecule has 5 heteroatoms. The highest BCUT2D eigenvalue weighted by Crippen LogP contribution is 2.28. The third kappa shape index (κ3) is 2.43. The normalized spacial score (nSPS) is 14.4. The molecule has 22 heavy (non-hydrogen) atoms. The van der Waals surface area contributed by atoms with E-state index in [0.29, 0.717) is 5.78 Å². The van der Waals surface area contributed by atoms with Crippen molar-refractivity contribution in [2.45, 2.75) is 26.2 Å². The quantitative estimate of drug-likeness (QED) is 0.803. The Morgan fingerprint density at radius 1 is 1.23 bits per heavy atom. The van der Waals surface area contributed by atoms with Gasteiger partial charge in [-0.05, 0) is 43.2 Å². The fraction of sp³-hybridized carbons (Fsp3) is 0.353.